The highest BCUT2D eigenvalue weighted by atomic mass is 32.1. The third-order valence-corrected chi connectivity index (χ3v) is 4.91. The number of fused-ring (bicyclic) bond motifs is 2. The summed E-state index contributed by atoms with van der Waals surface area (Å²) in [4.78, 5) is 25.3. The summed E-state index contributed by atoms with van der Waals surface area (Å²) in [5, 5.41) is 5.74. The van der Waals surface area contributed by atoms with E-state index in [1.807, 2.05) is 24.3 Å². The van der Waals surface area contributed by atoms with Crippen molar-refractivity contribution in [2.45, 2.75) is 13.3 Å². The van der Waals surface area contributed by atoms with Gasteiger partial charge in [-0.25, -0.2) is 9.97 Å². The molecule has 3 aromatic heterocycles. The van der Waals surface area contributed by atoms with E-state index in [-0.39, 0.29) is 11.9 Å². The minimum Gasteiger partial charge on any atom is -0.368 e. The standard InChI is InChI=1S/C18H15N5OS/c1-2-10-6-12(7-11-4-3-5-20-15(10)11)22-17(24)13-9-25-14-8-21-18(19)23-16(13)14/h3-9H,2H2,1H3,(H,22,24)(H2,19,21,23). The number of carbonyl (C=O) groups excluding carboxylic acids is 1. The first-order valence-corrected chi connectivity index (χ1v) is 8.72. The molecular formula is C18H15N5OS. The van der Waals surface area contributed by atoms with E-state index in [4.69, 9.17) is 5.73 Å². The van der Waals surface area contributed by atoms with Gasteiger partial charge in [0.2, 0.25) is 5.95 Å². The molecule has 0 saturated carbocycles. The summed E-state index contributed by atoms with van der Waals surface area (Å²) in [6, 6.07) is 7.77. The lowest BCUT2D eigenvalue weighted by Gasteiger charge is -2.09. The van der Waals surface area contributed by atoms with E-state index in [0.29, 0.717) is 11.1 Å². The molecule has 1 amide bonds. The predicted octanol–water partition coefficient (Wildman–Crippen LogP) is 3.64. The van der Waals surface area contributed by atoms with E-state index in [2.05, 4.69) is 27.2 Å². The number of anilines is 2. The Bertz CT molecular complexity index is 1110. The zero-order valence-corrected chi connectivity index (χ0v) is 14.3. The number of aromatic nitrogens is 3. The number of amides is 1. The Morgan fingerprint density at radius 1 is 1.28 bits per heavy atom. The van der Waals surface area contributed by atoms with Crippen molar-refractivity contribution in [1.29, 1.82) is 0 Å². The summed E-state index contributed by atoms with van der Waals surface area (Å²) in [5.41, 5.74) is 9.52. The van der Waals surface area contributed by atoms with E-state index < -0.39 is 0 Å². The molecule has 0 aliphatic rings. The third-order valence-electron chi connectivity index (χ3n) is 4.00. The van der Waals surface area contributed by atoms with Gasteiger partial charge in [0.1, 0.15) is 0 Å². The molecule has 3 heterocycles. The summed E-state index contributed by atoms with van der Waals surface area (Å²) < 4.78 is 0.830. The van der Waals surface area contributed by atoms with E-state index in [1.54, 1.807) is 17.8 Å². The number of hydrogen-bond acceptors (Lipinski definition) is 6. The van der Waals surface area contributed by atoms with Crippen LogP contribution in [0.1, 0.15) is 22.8 Å². The second-order valence-corrected chi connectivity index (χ2v) is 6.52. The average molecular weight is 349 g/mol. The van der Waals surface area contributed by atoms with Crippen molar-refractivity contribution in [1.82, 2.24) is 15.0 Å². The van der Waals surface area contributed by atoms with Crippen molar-refractivity contribution in [2.75, 3.05) is 11.1 Å². The third kappa shape index (κ3) is 2.78. The van der Waals surface area contributed by atoms with Crippen LogP contribution in [0.25, 0.3) is 21.1 Å². The molecule has 0 radical (unpaired) electrons. The first-order chi connectivity index (χ1) is 12.2. The highest BCUT2D eigenvalue weighted by molar-refractivity contribution is 7.17. The Morgan fingerprint density at radius 2 is 2.16 bits per heavy atom. The van der Waals surface area contributed by atoms with Crippen LogP contribution in [-0.2, 0) is 6.42 Å². The normalized spacial score (nSPS) is 11.1. The van der Waals surface area contributed by atoms with E-state index >= 15 is 0 Å². The van der Waals surface area contributed by atoms with Gasteiger partial charge >= 0.3 is 0 Å². The van der Waals surface area contributed by atoms with Crippen LogP contribution in [0.4, 0.5) is 11.6 Å². The van der Waals surface area contributed by atoms with Gasteiger partial charge < -0.3 is 11.1 Å². The molecule has 0 atom stereocenters. The molecule has 3 N–H and O–H groups in total. The average Bonchev–Trinajstić information content (AvgIpc) is 3.04. The number of aryl methyl sites for hydroxylation is 1. The van der Waals surface area contributed by atoms with Crippen molar-refractivity contribution in [3.05, 3.63) is 53.2 Å². The molecule has 124 valence electrons. The molecule has 0 fully saturated rings. The minimum absolute atomic E-state index is 0.157. The number of nitrogens with one attached hydrogen (secondary N) is 1. The van der Waals surface area contributed by atoms with Crippen LogP contribution in [0.5, 0.6) is 0 Å². The first-order valence-electron chi connectivity index (χ1n) is 7.84. The van der Waals surface area contributed by atoms with Gasteiger partial charge in [0, 0.05) is 22.7 Å². The van der Waals surface area contributed by atoms with Gasteiger partial charge in [-0.3, -0.25) is 9.78 Å². The Labute approximate surface area is 147 Å². The lowest BCUT2D eigenvalue weighted by Crippen LogP contribution is -2.12. The van der Waals surface area contributed by atoms with Gasteiger partial charge in [-0.1, -0.05) is 13.0 Å². The number of nitrogens with two attached hydrogens (primary N) is 1. The molecule has 0 saturated heterocycles. The van der Waals surface area contributed by atoms with Crippen LogP contribution in [0.15, 0.2) is 42.0 Å². The maximum Gasteiger partial charge on any atom is 0.258 e. The second kappa shape index (κ2) is 6.10. The Morgan fingerprint density at radius 3 is 3.00 bits per heavy atom. The molecular weight excluding hydrogens is 334 g/mol. The molecule has 0 spiro atoms. The van der Waals surface area contributed by atoms with Gasteiger partial charge in [0.05, 0.1) is 27.5 Å². The highest BCUT2D eigenvalue weighted by Gasteiger charge is 2.15. The molecule has 6 nitrogen and oxygen atoms in total. The van der Waals surface area contributed by atoms with Gasteiger partial charge in [-0.05, 0) is 30.2 Å². The quantitative estimate of drug-likeness (QED) is 0.589. The van der Waals surface area contributed by atoms with E-state index in [0.717, 1.165) is 33.3 Å². The largest absolute Gasteiger partial charge is 0.368 e. The topological polar surface area (TPSA) is 93.8 Å². The zero-order valence-electron chi connectivity index (χ0n) is 13.5. The lowest BCUT2D eigenvalue weighted by atomic mass is 10.1. The fourth-order valence-corrected chi connectivity index (χ4v) is 3.66. The Hall–Kier alpha value is -3.06. The second-order valence-electron chi connectivity index (χ2n) is 5.61. The molecule has 0 bridgehead atoms. The van der Waals surface area contributed by atoms with Crippen LogP contribution in [0, 0.1) is 0 Å². The number of rotatable bonds is 3. The predicted molar refractivity (Wildman–Crippen MR) is 101 cm³/mol. The van der Waals surface area contributed by atoms with Crippen molar-refractivity contribution >= 4 is 50.0 Å². The van der Waals surface area contributed by atoms with Gasteiger partial charge in [0.15, 0.2) is 0 Å². The summed E-state index contributed by atoms with van der Waals surface area (Å²) >= 11 is 1.42. The fraction of sp³-hybridized carbons (Fsp3) is 0.111. The summed E-state index contributed by atoms with van der Waals surface area (Å²) in [6.45, 7) is 2.07. The Balaban J connectivity index is 1.73. The van der Waals surface area contributed by atoms with E-state index in [9.17, 15) is 4.79 Å². The minimum atomic E-state index is -0.213. The molecule has 4 aromatic rings. The molecule has 1 aromatic carbocycles. The molecule has 4 rings (SSSR count). The number of thiophene rings is 1. The number of benzene rings is 1. The lowest BCUT2D eigenvalue weighted by molar-refractivity contribution is 0.102. The number of carbonyl (C=O) groups is 1. The molecule has 7 heteroatoms. The van der Waals surface area contributed by atoms with Gasteiger partial charge in [-0.2, -0.15) is 0 Å². The van der Waals surface area contributed by atoms with Crippen molar-refractivity contribution in [2.24, 2.45) is 0 Å². The molecule has 0 unspecified atom stereocenters. The molecule has 0 aliphatic carbocycles. The number of pyridine rings is 1. The van der Waals surface area contributed by atoms with E-state index in [1.165, 1.54) is 11.3 Å². The van der Waals surface area contributed by atoms with Crippen LogP contribution < -0.4 is 11.1 Å². The van der Waals surface area contributed by atoms with Crippen molar-refractivity contribution in [3.63, 3.8) is 0 Å². The maximum atomic E-state index is 12.7. The number of hydrogen-bond donors (Lipinski definition) is 2. The van der Waals surface area contributed by atoms with Gasteiger partial charge in [-0.15, -0.1) is 11.3 Å². The first kappa shape index (κ1) is 15.5. The monoisotopic (exact) mass is 349 g/mol. The summed E-state index contributed by atoms with van der Waals surface area (Å²) in [5.74, 6) is -0.0559. The fourth-order valence-electron chi connectivity index (χ4n) is 2.81. The van der Waals surface area contributed by atoms with Crippen molar-refractivity contribution in [3.8, 4) is 0 Å². The maximum absolute atomic E-state index is 12.7. The van der Waals surface area contributed by atoms with Crippen LogP contribution in [0.2, 0.25) is 0 Å². The number of nitrogens with zero attached hydrogens (tertiary/aromatic N) is 3. The molecule has 0 aliphatic heterocycles. The summed E-state index contributed by atoms with van der Waals surface area (Å²) in [7, 11) is 0. The summed E-state index contributed by atoms with van der Waals surface area (Å²) in [6.07, 6.45) is 4.25. The SMILES string of the molecule is CCc1cc(NC(=O)c2csc3cnc(N)nc23)cc2cccnc12. The van der Waals surface area contributed by atoms with Crippen LogP contribution in [0.3, 0.4) is 0 Å². The number of nitrogen functional groups attached to an aromatic ring is 1. The smallest absolute Gasteiger partial charge is 0.258 e. The zero-order chi connectivity index (χ0) is 17.4. The van der Waals surface area contributed by atoms with Crippen molar-refractivity contribution < 1.29 is 4.79 Å². The molecule has 25 heavy (non-hydrogen) atoms. The highest BCUT2D eigenvalue weighted by Crippen LogP contribution is 2.27. The van der Waals surface area contributed by atoms with Gasteiger partial charge in [0.25, 0.3) is 5.91 Å². The van der Waals surface area contributed by atoms with Crippen LogP contribution in [-0.4, -0.2) is 20.9 Å². The Kier molecular flexibility index (Phi) is 3.77. The van der Waals surface area contributed by atoms with Crippen LogP contribution >= 0.6 is 11.3 Å².